The number of halogens is 1. The van der Waals surface area contributed by atoms with E-state index in [2.05, 4.69) is 26.7 Å². The van der Waals surface area contributed by atoms with Gasteiger partial charge in [0.05, 0.1) is 24.6 Å². The van der Waals surface area contributed by atoms with E-state index in [9.17, 15) is 4.79 Å². The smallest absolute Gasteiger partial charge is 0.308 e. The summed E-state index contributed by atoms with van der Waals surface area (Å²) in [5.74, 6) is -0.125. The van der Waals surface area contributed by atoms with E-state index in [1.165, 1.54) is 7.11 Å². The van der Waals surface area contributed by atoms with E-state index in [1.807, 2.05) is 19.9 Å². The predicted octanol–water partition coefficient (Wildman–Crippen LogP) is 6.43. The van der Waals surface area contributed by atoms with Crippen LogP contribution in [0.4, 0.5) is 5.69 Å². The van der Waals surface area contributed by atoms with Gasteiger partial charge in [-0.25, -0.2) is 4.85 Å². The van der Waals surface area contributed by atoms with Crippen LogP contribution in [0.15, 0.2) is 30.7 Å². The zero-order valence-corrected chi connectivity index (χ0v) is 18.2. The number of ether oxygens (including phenoxy) is 1. The highest BCUT2D eigenvalue weighted by Gasteiger charge is 2.29. The normalized spacial score (nSPS) is 18.9. The Balaban J connectivity index is 1.83. The summed E-state index contributed by atoms with van der Waals surface area (Å²) in [7, 11) is 1.46. The lowest BCUT2D eigenvalue weighted by molar-refractivity contribution is -0.146. The third-order valence-corrected chi connectivity index (χ3v) is 6.74. The Morgan fingerprint density at radius 2 is 1.90 bits per heavy atom. The van der Waals surface area contributed by atoms with Gasteiger partial charge < -0.3 is 9.30 Å². The number of carbonyl (C=O) groups excluding carboxylic acids is 1. The summed E-state index contributed by atoms with van der Waals surface area (Å²) in [5.41, 5.74) is 5.49. The van der Waals surface area contributed by atoms with Crippen LogP contribution in [-0.4, -0.2) is 22.6 Å². The number of aromatic nitrogens is 2. The lowest BCUT2D eigenvalue weighted by Gasteiger charge is -2.28. The van der Waals surface area contributed by atoms with Gasteiger partial charge in [0.1, 0.15) is 0 Å². The first-order valence-electron chi connectivity index (χ1n) is 10.2. The van der Waals surface area contributed by atoms with Crippen molar-refractivity contribution in [2.45, 2.75) is 45.6 Å². The van der Waals surface area contributed by atoms with Crippen LogP contribution in [0.25, 0.3) is 26.9 Å². The molecular formula is C24H24ClN3O2. The Morgan fingerprint density at radius 3 is 2.57 bits per heavy atom. The van der Waals surface area contributed by atoms with Gasteiger partial charge in [-0.3, -0.25) is 9.78 Å². The first-order valence-corrected chi connectivity index (χ1v) is 10.5. The highest BCUT2D eigenvalue weighted by atomic mass is 35.5. The molecule has 1 aliphatic rings. The van der Waals surface area contributed by atoms with Crippen molar-refractivity contribution in [2.24, 2.45) is 5.92 Å². The number of benzene rings is 1. The minimum absolute atomic E-state index is 0.0154. The van der Waals surface area contributed by atoms with E-state index >= 15 is 0 Å². The van der Waals surface area contributed by atoms with Crippen LogP contribution in [0.1, 0.15) is 42.9 Å². The fourth-order valence-corrected chi connectivity index (χ4v) is 4.72. The largest absolute Gasteiger partial charge is 0.469 e. The van der Waals surface area contributed by atoms with E-state index in [1.54, 1.807) is 12.4 Å². The Kier molecular flexibility index (Phi) is 5.53. The molecule has 2 heterocycles. The van der Waals surface area contributed by atoms with Gasteiger partial charge in [-0.05, 0) is 68.2 Å². The monoisotopic (exact) mass is 421 g/mol. The van der Waals surface area contributed by atoms with E-state index < -0.39 is 0 Å². The number of rotatable bonds is 3. The molecule has 5 nitrogen and oxygen atoms in total. The summed E-state index contributed by atoms with van der Waals surface area (Å²) in [4.78, 5) is 20.0. The van der Waals surface area contributed by atoms with Crippen LogP contribution in [0.3, 0.4) is 0 Å². The first-order chi connectivity index (χ1) is 14.4. The van der Waals surface area contributed by atoms with Crippen LogP contribution in [0.2, 0.25) is 5.02 Å². The maximum Gasteiger partial charge on any atom is 0.308 e. The van der Waals surface area contributed by atoms with E-state index in [4.69, 9.17) is 22.9 Å². The molecule has 0 saturated heterocycles. The van der Waals surface area contributed by atoms with E-state index in [0.717, 1.165) is 58.8 Å². The fraction of sp³-hybridized carbons (Fsp3) is 0.375. The SMILES string of the molecule is [C-]#[N+]c1cc2c(-c3cncc(C)c3Cl)cn(C3CCC(C(=O)OC)CC3)c2cc1C. The van der Waals surface area contributed by atoms with Gasteiger partial charge in [0.15, 0.2) is 5.69 Å². The Morgan fingerprint density at radius 1 is 1.17 bits per heavy atom. The van der Waals surface area contributed by atoms with Crippen LogP contribution >= 0.6 is 11.6 Å². The maximum atomic E-state index is 11.9. The summed E-state index contributed by atoms with van der Waals surface area (Å²) in [5, 5.41) is 1.69. The topological polar surface area (TPSA) is 48.5 Å². The summed E-state index contributed by atoms with van der Waals surface area (Å²) in [6, 6.07) is 4.34. The fourth-order valence-electron chi connectivity index (χ4n) is 4.52. The van der Waals surface area contributed by atoms with Gasteiger partial charge in [-0.2, -0.15) is 0 Å². The molecule has 0 bridgehead atoms. The number of esters is 1. The van der Waals surface area contributed by atoms with Gasteiger partial charge in [-0.15, -0.1) is 0 Å². The molecule has 0 amide bonds. The molecule has 1 fully saturated rings. The molecule has 0 radical (unpaired) electrons. The standard InChI is InChI=1S/C24H24ClN3O2/c1-14-9-22-18(10-21(14)26-3)20(19-12-27-11-15(2)23(19)25)13-28(22)17-7-5-16(6-8-17)24(29)30-4/h9-13,16-17H,5-8H2,1-2,4H3. The number of methoxy groups -OCH3 is 1. The number of hydrogen-bond acceptors (Lipinski definition) is 3. The van der Waals surface area contributed by atoms with E-state index in [-0.39, 0.29) is 17.9 Å². The van der Waals surface area contributed by atoms with Crippen LogP contribution in [-0.2, 0) is 9.53 Å². The van der Waals surface area contributed by atoms with E-state index in [0.29, 0.717) is 10.7 Å². The lowest BCUT2D eigenvalue weighted by Crippen LogP contribution is -2.24. The number of pyridine rings is 1. The van der Waals surface area contributed by atoms with Crippen molar-refractivity contribution >= 4 is 34.2 Å². The molecule has 0 atom stereocenters. The minimum atomic E-state index is -0.110. The summed E-state index contributed by atoms with van der Waals surface area (Å²) < 4.78 is 7.24. The minimum Gasteiger partial charge on any atom is -0.469 e. The highest BCUT2D eigenvalue weighted by Crippen LogP contribution is 2.42. The van der Waals surface area contributed by atoms with Crippen molar-refractivity contribution in [1.82, 2.24) is 9.55 Å². The molecule has 3 aromatic rings. The third kappa shape index (κ3) is 3.46. The van der Waals surface area contributed by atoms with Crippen LogP contribution in [0.5, 0.6) is 0 Å². The maximum absolute atomic E-state index is 11.9. The van der Waals surface area contributed by atoms with Crippen LogP contribution in [0, 0.1) is 26.3 Å². The predicted molar refractivity (Wildman–Crippen MR) is 119 cm³/mol. The molecule has 4 rings (SSSR count). The second-order valence-electron chi connectivity index (χ2n) is 8.06. The molecule has 154 valence electrons. The van der Waals surface area contributed by atoms with Gasteiger partial charge in [0.2, 0.25) is 0 Å². The molecule has 0 unspecified atom stereocenters. The molecule has 30 heavy (non-hydrogen) atoms. The number of aryl methyl sites for hydroxylation is 2. The van der Waals surface area contributed by atoms with Gasteiger partial charge in [-0.1, -0.05) is 11.6 Å². The van der Waals surface area contributed by atoms with Crippen molar-refractivity contribution in [1.29, 1.82) is 0 Å². The second kappa shape index (κ2) is 8.12. The number of hydrogen-bond donors (Lipinski definition) is 0. The highest BCUT2D eigenvalue weighted by molar-refractivity contribution is 6.34. The van der Waals surface area contributed by atoms with Gasteiger partial charge in [0.25, 0.3) is 0 Å². The van der Waals surface area contributed by atoms with Crippen molar-refractivity contribution in [2.75, 3.05) is 7.11 Å². The molecule has 6 heteroatoms. The van der Waals surface area contributed by atoms with Crippen molar-refractivity contribution < 1.29 is 9.53 Å². The van der Waals surface area contributed by atoms with Crippen molar-refractivity contribution in [3.8, 4) is 11.1 Å². The molecular weight excluding hydrogens is 398 g/mol. The van der Waals surface area contributed by atoms with Crippen molar-refractivity contribution in [3.05, 3.63) is 58.3 Å². The zero-order valence-electron chi connectivity index (χ0n) is 17.4. The molecule has 0 N–H and O–H groups in total. The average Bonchev–Trinajstić information content (AvgIpc) is 3.12. The number of fused-ring (bicyclic) bond motifs is 1. The third-order valence-electron chi connectivity index (χ3n) is 6.24. The Hall–Kier alpha value is -2.84. The average molecular weight is 422 g/mol. The number of nitrogens with zero attached hydrogens (tertiary/aromatic N) is 3. The van der Waals surface area contributed by atoms with Gasteiger partial charge >= 0.3 is 5.97 Å². The number of carbonyl (C=O) groups is 1. The van der Waals surface area contributed by atoms with Gasteiger partial charge in [0, 0.05) is 41.3 Å². The molecule has 1 saturated carbocycles. The second-order valence-corrected chi connectivity index (χ2v) is 8.44. The first kappa shape index (κ1) is 20.4. The summed E-state index contributed by atoms with van der Waals surface area (Å²) in [6.45, 7) is 11.4. The lowest BCUT2D eigenvalue weighted by atomic mass is 9.86. The zero-order chi connectivity index (χ0) is 21.4. The quantitative estimate of drug-likeness (QED) is 0.361. The summed E-state index contributed by atoms with van der Waals surface area (Å²) >= 11 is 6.64. The molecule has 2 aromatic heterocycles. The van der Waals surface area contributed by atoms with Crippen LogP contribution < -0.4 is 0 Å². The van der Waals surface area contributed by atoms with Crippen molar-refractivity contribution in [3.63, 3.8) is 0 Å². The molecule has 0 aliphatic heterocycles. The summed E-state index contributed by atoms with van der Waals surface area (Å²) in [6.07, 6.45) is 9.15. The molecule has 1 aromatic carbocycles. The molecule has 1 aliphatic carbocycles. The Labute approximate surface area is 181 Å². The molecule has 0 spiro atoms. The Bertz CT molecular complexity index is 1170.